The van der Waals surface area contributed by atoms with Gasteiger partial charge >= 0.3 is 0 Å². The molecule has 0 spiro atoms. The number of imidazole rings is 1. The first kappa shape index (κ1) is 18.5. The lowest BCUT2D eigenvalue weighted by Crippen LogP contribution is -2.24. The molecule has 1 amide bonds. The van der Waals surface area contributed by atoms with E-state index in [4.69, 9.17) is 9.47 Å². The average Bonchev–Trinajstić information content (AvgIpc) is 3.20. The fraction of sp³-hybridized carbons (Fsp3) is 0.238. The minimum atomic E-state index is -0.0373. The van der Waals surface area contributed by atoms with Gasteiger partial charge in [0, 0.05) is 25.5 Å². The first-order valence-electron chi connectivity index (χ1n) is 8.69. The van der Waals surface area contributed by atoms with Gasteiger partial charge in [-0.25, -0.2) is 4.98 Å². The number of hydrogen-bond acceptors (Lipinski definition) is 4. The molecule has 0 aliphatic rings. The van der Waals surface area contributed by atoms with Crippen LogP contribution in [0.25, 0.3) is 0 Å². The van der Waals surface area contributed by atoms with Crippen LogP contribution in [-0.4, -0.2) is 29.7 Å². The second-order valence-electron chi connectivity index (χ2n) is 6.19. The van der Waals surface area contributed by atoms with Gasteiger partial charge in [0.05, 0.1) is 27.0 Å². The van der Waals surface area contributed by atoms with E-state index in [1.807, 2.05) is 35.0 Å². The minimum Gasteiger partial charge on any atom is -0.493 e. The molecule has 140 valence electrons. The van der Waals surface area contributed by atoms with Gasteiger partial charge in [0.2, 0.25) is 5.91 Å². The topological polar surface area (TPSA) is 65.4 Å². The molecular formula is C21H23N3O3. The molecule has 0 saturated carbocycles. The van der Waals surface area contributed by atoms with Gasteiger partial charge in [0.1, 0.15) is 0 Å². The lowest BCUT2D eigenvalue weighted by molar-refractivity contribution is -0.120. The maximum atomic E-state index is 12.2. The molecule has 3 rings (SSSR count). The number of benzene rings is 2. The number of carbonyl (C=O) groups excluding carboxylic acids is 1. The third kappa shape index (κ3) is 5.10. The van der Waals surface area contributed by atoms with Crippen molar-refractivity contribution in [2.24, 2.45) is 0 Å². The van der Waals surface area contributed by atoms with Crippen molar-refractivity contribution in [3.63, 3.8) is 0 Å². The quantitative estimate of drug-likeness (QED) is 0.667. The molecule has 0 atom stereocenters. The molecule has 0 fully saturated rings. The smallest absolute Gasteiger partial charge is 0.224 e. The Morgan fingerprint density at radius 1 is 1.00 bits per heavy atom. The molecule has 1 aromatic heterocycles. The van der Waals surface area contributed by atoms with E-state index >= 15 is 0 Å². The number of methoxy groups -OCH3 is 2. The van der Waals surface area contributed by atoms with Crippen molar-refractivity contribution in [3.05, 3.63) is 77.9 Å². The van der Waals surface area contributed by atoms with Gasteiger partial charge in [-0.3, -0.25) is 4.79 Å². The summed E-state index contributed by atoms with van der Waals surface area (Å²) in [5.74, 6) is 1.23. The summed E-state index contributed by atoms with van der Waals surface area (Å²) in [4.78, 5) is 16.3. The van der Waals surface area contributed by atoms with Crippen LogP contribution in [0.15, 0.2) is 61.2 Å². The second kappa shape index (κ2) is 8.89. The second-order valence-corrected chi connectivity index (χ2v) is 6.19. The lowest BCUT2D eigenvalue weighted by Gasteiger charge is -2.10. The van der Waals surface area contributed by atoms with E-state index in [0.29, 0.717) is 24.5 Å². The first-order chi connectivity index (χ1) is 13.2. The van der Waals surface area contributed by atoms with E-state index in [-0.39, 0.29) is 5.91 Å². The van der Waals surface area contributed by atoms with Crippen molar-refractivity contribution < 1.29 is 14.3 Å². The summed E-state index contributed by atoms with van der Waals surface area (Å²) in [7, 11) is 3.17. The number of nitrogens with one attached hydrogen (secondary N) is 1. The zero-order chi connectivity index (χ0) is 19.1. The number of amides is 1. The molecule has 27 heavy (non-hydrogen) atoms. The van der Waals surface area contributed by atoms with Gasteiger partial charge in [-0.1, -0.05) is 30.3 Å². The monoisotopic (exact) mass is 365 g/mol. The molecule has 0 aliphatic heterocycles. The van der Waals surface area contributed by atoms with Gasteiger partial charge in [-0.2, -0.15) is 0 Å². The van der Waals surface area contributed by atoms with Crippen LogP contribution in [0.2, 0.25) is 0 Å². The number of hydrogen-bond donors (Lipinski definition) is 1. The zero-order valence-electron chi connectivity index (χ0n) is 15.5. The van der Waals surface area contributed by atoms with Gasteiger partial charge < -0.3 is 19.4 Å². The fourth-order valence-electron chi connectivity index (χ4n) is 2.79. The van der Waals surface area contributed by atoms with Gasteiger partial charge in [-0.15, -0.1) is 0 Å². The van der Waals surface area contributed by atoms with Crippen molar-refractivity contribution in [2.75, 3.05) is 14.2 Å². The van der Waals surface area contributed by atoms with Crippen molar-refractivity contribution in [1.29, 1.82) is 0 Å². The predicted molar refractivity (Wildman–Crippen MR) is 103 cm³/mol. The van der Waals surface area contributed by atoms with Crippen LogP contribution in [0.4, 0.5) is 0 Å². The van der Waals surface area contributed by atoms with Crippen LogP contribution >= 0.6 is 0 Å². The number of carbonyl (C=O) groups is 1. The molecule has 0 unspecified atom stereocenters. The normalized spacial score (nSPS) is 10.4. The van der Waals surface area contributed by atoms with E-state index in [0.717, 1.165) is 17.7 Å². The SMILES string of the molecule is COc1ccc(CC(=O)NCc2ccc(Cn3ccnc3)cc2)cc1OC. The summed E-state index contributed by atoms with van der Waals surface area (Å²) in [6.45, 7) is 1.28. The molecule has 1 heterocycles. The molecule has 0 saturated heterocycles. The van der Waals surface area contributed by atoms with Crippen LogP contribution in [0.5, 0.6) is 11.5 Å². The molecule has 0 radical (unpaired) electrons. The Morgan fingerprint density at radius 2 is 1.70 bits per heavy atom. The largest absolute Gasteiger partial charge is 0.493 e. The maximum absolute atomic E-state index is 12.2. The average molecular weight is 365 g/mol. The van der Waals surface area contributed by atoms with Crippen LogP contribution in [-0.2, 0) is 24.3 Å². The Balaban J connectivity index is 1.51. The van der Waals surface area contributed by atoms with Crippen LogP contribution in [0.3, 0.4) is 0 Å². The Labute approximate surface area is 158 Å². The summed E-state index contributed by atoms with van der Waals surface area (Å²) in [6, 6.07) is 13.7. The Bertz CT molecular complexity index is 874. The summed E-state index contributed by atoms with van der Waals surface area (Å²) in [5, 5.41) is 2.95. The first-order valence-corrected chi connectivity index (χ1v) is 8.69. The van der Waals surface area contributed by atoms with E-state index < -0.39 is 0 Å². The number of aromatic nitrogens is 2. The molecule has 2 aromatic carbocycles. The Morgan fingerprint density at radius 3 is 2.37 bits per heavy atom. The molecule has 0 bridgehead atoms. The molecule has 1 N–H and O–H groups in total. The molecule has 6 nitrogen and oxygen atoms in total. The predicted octanol–water partition coefficient (Wildman–Crippen LogP) is 2.81. The minimum absolute atomic E-state index is 0.0373. The van der Waals surface area contributed by atoms with E-state index in [1.165, 1.54) is 5.56 Å². The third-order valence-corrected chi connectivity index (χ3v) is 4.25. The van der Waals surface area contributed by atoms with Crippen molar-refractivity contribution in [1.82, 2.24) is 14.9 Å². The number of rotatable bonds is 8. The van der Waals surface area contributed by atoms with E-state index in [1.54, 1.807) is 32.8 Å². The summed E-state index contributed by atoms with van der Waals surface area (Å²) >= 11 is 0. The molecule has 6 heteroatoms. The molecular weight excluding hydrogens is 342 g/mol. The van der Waals surface area contributed by atoms with Crippen molar-refractivity contribution in [2.45, 2.75) is 19.5 Å². The Hall–Kier alpha value is -3.28. The van der Waals surface area contributed by atoms with Crippen molar-refractivity contribution >= 4 is 5.91 Å². The highest BCUT2D eigenvalue weighted by atomic mass is 16.5. The zero-order valence-corrected chi connectivity index (χ0v) is 15.5. The highest BCUT2D eigenvalue weighted by Gasteiger charge is 2.08. The third-order valence-electron chi connectivity index (χ3n) is 4.25. The summed E-state index contributed by atoms with van der Waals surface area (Å²) in [5.41, 5.74) is 3.12. The van der Waals surface area contributed by atoms with Crippen molar-refractivity contribution in [3.8, 4) is 11.5 Å². The standard InChI is InChI=1S/C21H23N3O3/c1-26-19-8-7-18(11-20(19)27-2)12-21(25)23-13-16-3-5-17(6-4-16)14-24-10-9-22-15-24/h3-11,15H,12-14H2,1-2H3,(H,23,25). The summed E-state index contributed by atoms with van der Waals surface area (Å²) in [6.07, 6.45) is 5.78. The fourth-order valence-corrected chi connectivity index (χ4v) is 2.79. The molecule has 0 aliphatic carbocycles. The van der Waals surface area contributed by atoms with E-state index in [9.17, 15) is 4.79 Å². The number of nitrogens with zero attached hydrogens (tertiary/aromatic N) is 2. The van der Waals surface area contributed by atoms with Gasteiger partial charge in [0.15, 0.2) is 11.5 Å². The van der Waals surface area contributed by atoms with Crippen LogP contribution in [0, 0.1) is 0 Å². The van der Waals surface area contributed by atoms with E-state index in [2.05, 4.69) is 22.4 Å². The highest BCUT2D eigenvalue weighted by molar-refractivity contribution is 5.78. The Kier molecular flexibility index (Phi) is 6.10. The molecule has 3 aromatic rings. The van der Waals surface area contributed by atoms with Gasteiger partial charge in [0.25, 0.3) is 0 Å². The van der Waals surface area contributed by atoms with Crippen LogP contribution < -0.4 is 14.8 Å². The van der Waals surface area contributed by atoms with Crippen LogP contribution in [0.1, 0.15) is 16.7 Å². The number of ether oxygens (including phenoxy) is 2. The maximum Gasteiger partial charge on any atom is 0.224 e. The van der Waals surface area contributed by atoms with Gasteiger partial charge in [-0.05, 0) is 28.8 Å². The highest BCUT2D eigenvalue weighted by Crippen LogP contribution is 2.27. The lowest BCUT2D eigenvalue weighted by atomic mass is 10.1. The summed E-state index contributed by atoms with van der Waals surface area (Å²) < 4.78 is 12.5.